The Morgan fingerprint density at radius 1 is 1.21 bits per heavy atom. The number of nitrogens with zero attached hydrogens (tertiary/aromatic N) is 1. The minimum atomic E-state index is -0.227. The third kappa shape index (κ3) is 8.30. The Hall–Kier alpha value is -1.42. The quantitative estimate of drug-likeness (QED) is 0.465. The Morgan fingerprint density at radius 2 is 2.00 bits per heavy atom. The number of carbonyl (C=O) groups is 2. The number of halogens is 3. The molecule has 28 heavy (non-hydrogen) atoms. The Balaban J connectivity index is 0.00000392. The van der Waals surface area contributed by atoms with Crippen molar-refractivity contribution in [1.29, 1.82) is 0 Å². The lowest BCUT2D eigenvalue weighted by Gasteiger charge is -2.05. The molecule has 0 unspecified atom stereocenters. The predicted molar refractivity (Wildman–Crippen MR) is 116 cm³/mol. The first-order valence-corrected chi connectivity index (χ1v) is 9.88. The maximum absolute atomic E-state index is 12.0. The molecule has 154 valence electrons. The molecule has 2 rings (SSSR count). The first-order chi connectivity index (χ1) is 13.0. The van der Waals surface area contributed by atoms with Crippen LogP contribution in [0.15, 0.2) is 23.6 Å². The largest absolute Gasteiger partial charge is 0.370 e. The summed E-state index contributed by atoms with van der Waals surface area (Å²) in [6, 6.07) is 5.25. The number of anilines is 1. The molecule has 1 aromatic carbocycles. The van der Waals surface area contributed by atoms with E-state index < -0.39 is 0 Å². The zero-order valence-electron chi connectivity index (χ0n) is 14.9. The topological polar surface area (TPSA) is 106 Å². The third-order valence-corrected chi connectivity index (χ3v) is 4.97. The molecule has 1 aromatic heterocycles. The van der Waals surface area contributed by atoms with Crippen LogP contribution < -0.4 is 16.4 Å². The van der Waals surface area contributed by atoms with Crippen LogP contribution in [0.5, 0.6) is 0 Å². The fraction of sp³-hybridized carbons (Fsp3) is 0.353. The molecule has 1 heterocycles. The van der Waals surface area contributed by atoms with Crippen molar-refractivity contribution >= 4 is 64.6 Å². The van der Waals surface area contributed by atoms with E-state index in [2.05, 4.69) is 15.6 Å². The molecular formula is C17H21Cl3N4O3S. The number of hydrogen-bond acceptors (Lipinski definition) is 6. The van der Waals surface area contributed by atoms with Crippen molar-refractivity contribution in [2.24, 2.45) is 5.73 Å². The molecule has 0 saturated heterocycles. The zero-order valence-corrected chi connectivity index (χ0v) is 18.0. The molecule has 0 aliphatic heterocycles. The Kier molecular flexibility index (Phi) is 11.4. The molecule has 4 N–H and O–H groups in total. The highest BCUT2D eigenvalue weighted by Crippen LogP contribution is 2.31. The van der Waals surface area contributed by atoms with Gasteiger partial charge in [-0.1, -0.05) is 29.3 Å². The van der Waals surface area contributed by atoms with Gasteiger partial charge in [-0.05, 0) is 18.6 Å². The van der Waals surface area contributed by atoms with Crippen LogP contribution in [0.25, 0.3) is 10.6 Å². The van der Waals surface area contributed by atoms with Gasteiger partial charge in [-0.2, -0.15) is 0 Å². The van der Waals surface area contributed by atoms with E-state index in [1.807, 2.05) is 6.07 Å². The van der Waals surface area contributed by atoms with Crippen LogP contribution in [0.4, 0.5) is 5.82 Å². The van der Waals surface area contributed by atoms with Gasteiger partial charge < -0.3 is 21.1 Å². The van der Waals surface area contributed by atoms with Crippen LogP contribution in [0.1, 0.15) is 12.8 Å². The van der Waals surface area contributed by atoms with Crippen molar-refractivity contribution in [2.75, 3.05) is 31.6 Å². The van der Waals surface area contributed by atoms with E-state index in [0.29, 0.717) is 42.0 Å². The van der Waals surface area contributed by atoms with Crippen LogP contribution in [-0.4, -0.2) is 43.1 Å². The average Bonchev–Trinajstić information content (AvgIpc) is 3.09. The van der Waals surface area contributed by atoms with Crippen LogP contribution >= 0.6 is 46.9 Å². The summed E-state index contributed by atoms with van der Waals surface area (Å²) < 4.78 is 5.02. The number of carbonyl (C=O) groups excluding carboxylic acids is 2. The van der Waals surface area contributed by atoms with Gasteiger partial charge in [-0.15, -0.1) is 23.7 Å². The van der Waals surface area contributed by atoms with Gasteiger partial charge in [0.2, 0.25) is 11.8 Å². The van der Waals surface area contributed by atoms with E-state index in [9.17, 15) is 9.59 Å². The molecule has 0 spiro atoms. The zero-order chi connectivity index (χ0) is 19.6. The van der Waals surface area contributed by atoms with Crippen molar-refractivity contribution in [3.63, 3.8) is 0 Å². The number of amides is 2. The molecule has 0 atom stereocenters. The van der Waals surface area contributed by atoms with Gasteiger partial charge in [0.05, 0.1) is 16.7 Å². The minimum Gasteiger partial charge on any atom is -0.370 e. The SMILES string of the molecule is Cl.NCCOCC(=O)NCCCC(=O)Nc1csc(-c2ccc(Cl)c(Cl)c2)n1. The van der Waals surface area contributed by atoms with Crippen molar-refractivity contribution in [1.82, 2.24) is 10.3 Å². The van der Waals surface area contributed by atoms with E-state index in [4.69, 9.17) is 33.7 Å². The lowest BCUT2D eigenvalue weighted by molar-refractivity contribution is -0.125. The molecule has 0 aliphatic rings. The normalized spacial score (nSPS) is 10.2. The number of rotatable bonds is 10. The first-order valence-electron chi connectivity index (χ1n) is 8.25. The maximum Gasteiger partial charge on any atom is 0.245 e. The molecular weight excluding hydrogens is 447 g/mol. The summed E-state index contributed by atoms with van der Waals surface area (Å²) in [4.78, 5) is 27.8. The standard InChI is InChI=1S/C17H20Cl2N4O3S.ClH/c18-12-4-3-11(8-13(12)19)17-23-14(10-27-17)22-15(24)2-1-6-21-16(25)9-26-7-5-20;/h3-4,8,10H,1-2,5-7,9,20H2,(H,21,25)(H,22,24);1H. The molecule has 0 fully saturated rings. The second-order valence-electron chi connectivity index (χ2n) is 5.51. The fourth-order valence-electron chi connectivity index (χ4n) is 2.07. The number of aromatic nitrogens is 1. The fourth-order valence-corrected chi connectivity index (χ4v) is 3.12. The molecule has 0 bridgehead atoms. The number of hydrogen-bond donors (Lipinski definition) is 3. The Bertz CT molecular complexity index is 789. The second kappa shape index (κ2) is 12.9. The highest BCUT2D eigenvalue weighted by atomic mass is 35.5. The highest BCUT2D eigenvalue weighted by Gasteiger charge is 2.10. The predicted octanol–water partition coefficient (Wildman–Crippen LogP) is 3.35. The molecule has 0 aliphatic carbocycles. The van der Waals surface area contributed by atoms with Crippen LogP contribution in [0.2, 0.25) is 10.0 Å². The monoisotopic (exact) mass is 466 g/mol. The summed E-state index contributed by atoms with van der Waals surface area (Å²) in [6.07, 6.45) is 0.780. The van der Waals surface area contributed by atoms with Crippen molar-refractivity contribution in [3.05, 3.63) is 33.6 Å². The van der Waals surface area contributed by atoms with E-state index in [-0.39, 0.29) is 37.2 Å². The van der Waals surface area contributed by atoms with Gasteiger partial charge in [0.1, 0.15) is 17.4 Å². The van der Waals surface area contributed by atoms with E-state index in [1.54, 1.807) is 17.5 Å². The maximum atomic E-state index is 12.0. The van der Waals surface area contributed by atoms with Gasteiger partial charge in [-0.25, -0.2) is 4.98 Å². The molecule has 0 radical (unpaired) electrons. The van der Waals surface area contributed by atoms with Gasteiger partial charge in [0, 0.05) is 30.5 Å². The summed E-state index contributed by atoms with van der Waals surface area (Å²) in [5.74, 6) is 0.0783. The number of benzene rings is 1. The third-order valence-electron chi connectivity index (χ3n) is 3.34. The lowest BCUT2D eigenvalue weighted by Crippen LogP contribution is -2.29. The molecule has 2 amide bonds. The number of ether oxygens (including phenoxy) is 1. The van der Waals surface area contributed by atoms with Crippen LogP contribution in [-0.2, 0) is 14.3 Å². The van der Waals surface area contributed by atoms with Gasteiger partial charge in [0.25, 0.3) is 0 Å². The second-order valence-corrected chi connectivity index (χ2v) is 7.18. The van der Waals surface area contributed by atoms with Crippen molar-refractivity contribution in [3.8, 4) is 10.6 Å². The number of nitrogens with two attached hydrogens (primary N) is 1. The Morgan fingerprint density at radius 3 is 2.71 bits per heavy atom. The Labute approximate surface area is 183 Å². The van der Waals surface area contributed by atoms with Gasteiger partial charge >= 0.3 is 0 Å². The van der Waals surface area contributed by atoms with E-state index in [1.165, 1.54) is 11.3 Å². The first kappa shape index (κ1) is 24.6. The van der Waals surface area contributed by atoms with Crippen LogP contribution in [0, 0.1) is 0 Å². The van der Waals surface area contributed by atoms with Crippen molar-refractivity contribution < 1.29 is 14.3 Å². The average molecular weight is 468 g/mol. The van der Waals surface area contributed by atoms with Crippen LogP contribution in [0.3, 0.4) is 0 Å². The summed E-state index contributed by atoms with van der Waals surface area (Å²) >= 11 is 13.3. The van der Waals surface area contributed by atoms with Gasteiger partial charge in [-0.3, -0.25) is 9.59 Å². The molecule has 0 saturated carbocycles. The molecule has 11 heteroatoms. The number of thiazole rings is 1. The molecule has 7 nitrogen and oxygen atoms in total. The smallest absolute Gasteiger partial charge is 0.245 e. The lowest BCUT2D eigenvalue weighted by atomic mass is 10.2. The van der Waals surface area contributed by atoms with Gasteiger partial charge in [0.15, 0.2) is 0 Å². The summed E-state index contributed by atoms with van der Waals surface area (Å²) in [5, 5.41) is 8.82. The summed E-state index contributed by atoms with van der Waals surface area (Å²) in [6.45, 7) is 1.08. The summed E-state index contributed by atoms with van der Waals surface area (Å²) in [7, 11) is 0. The van der Waals surface area contributed by atoms with E-state index >= 15 is 0 Å². The minimum absolute atomic E-state index is 0. The molecule has 2 aromatic rings. The highest BCUT2D eigenvalue weighted by molar-refractivity contribution is 7.13. The van der Waals surface area contributed by atoms with Crippen molar-refractivity contribution in [2.45, 2.75) is 12.8 Å². The number of nitrogens with one attached hydrogen (secondary N) is 2. The van der Waals surface area contributed by atoms with E-state index in [0.717, 1.165) is 10.6 Å². The summed E-state index contributed by atoms with van der Waals surface area (Å²) in [5.41, 5.74) is 6.09.